The highest BCUT2D eigenvalue weighted by Crippen LogP contribution is 2.26. The Hall–Kier alpha value is -1.97. The molecule has 0 aliphatic carbocycles. The average molecular weight is 396 g/mol. The number of carboxylic acid groups (broad SMARTS) is 1. The largest absolute Gasteiger partial charge is 0.478 e. The minimum atomic E-state index is -3.91. The molecule has 148 valence electrons. The molecule has 0 saturated carbocycles. The van der Waals surface area contributed by atoms with E-state index in [-0.39, 0.29) is 41.4 Å². The average Bonchev–Trinajstić information content (AvgIpc) is 2.69. The zero-order chi connectivity index (χ0) is 19.4. The molecule has 2 saturated heterocycles. The van der Waals surface area contributed by atoms with E-state index in [9.17, 15) is 23.1 Å². The van der Waals surface area contributed by atoms with Gasteiger partial charge in [-0.15, -0.1) is 0 Å². The Morgan fingerprint density at radius 2 is 1.85 bits per heavy atom. The van der Waals surface area contributed by atoms with Crippen molar-refractivity contribution in [2.45, 2.75) is 36.6 Å². The van der Waals surface area contributed by atoms with Crippen LogP contribution in [0.1, 0.15) is 36.0 Å². The monoisotopic (exact) mass is 396 g/mol. The molecule has 2 heterocycles. The number of amides is 1. The SMILES string of the molecule is O=C(O)c1ccccc1S(=O)(=O)N1CCC(C(=O)NC2CCCOC2)CC1. The number of hydrogen-bond donors (Lipinski definition) is 2. The first-order valence-electron chi connectivity index (χ1n) is 9.10. The number of aromatic carboxylic acids is 1. The number of carboxylic acids is 1. The van der Waals surface area contributed by atoms with Crippen molar-refractivity contribution in [1.29, 1.82) is 0 Å². The normalized spacial score (nSPS) is 22.3. The number of nitrogens with one attached hydrogen (secondary N) is 1. The fourth-order valence-electron chi connectivity index (χ4n) is 3.54. The standard InChI is InChI=1S/C18H24N2O6S/c21-17(19-14-4-3-11-26-12-14)13-7-9-20(10-8-13)27(24,25)16-6-2-1-5-15(16)18(22)23/h1-2,5-6,13-14H,3-4,7-12H2,(H,19,21)(H,22,23). The van der Waals surface area contributed by atoms with E-state index in [0.717, 1.165) is 19.4 Å². The molecule has 1 unspecified atom stereocenters. The van der Waals surface area contributed by atoms with E-state index in [1.54, 1.807) is 0 Å². The molecule has 1 atom stereocenters. The third-order valence-corrected chi connectivity index (χ3v) is 7.02. The Bertz CT molecular complexity index is 796. The zero-order valence-corrected chi connectivity index (χ0v) is 15.8. The lowest BCUT2D eigenvalue weighted by Gasteiger charge is -2.32. The van der Waals surface area contributed by atoms with E-state index >= 15 is 0 Å². The molecule has 2 aliphatic rings. The van der Waals surface area contributed by atoms with E-state index in [1.807, 2.05) is 0 Å². The van der Waals surface area contributed by atoms with Gasteiger partial charge >= 0.3 is 5.97 Å². The van der Waals surface area contributed by atoms with Gasteiger partial charge in [0.05, 0.1) is 23.1 Å². The second-order valence-corrected chi connectivity index (χ2v) is 8.81. The summed E-state index contributed by atoms with van der Waals surface area (Å²) in [7, 11) is -3.91. The molecule has 8 nitrogen and oxygen atoms in total. The van der Waals surface area contributed by atoms with Gasteiger partial charge in [-0.2, -0.15) is 4.31 Å². The first kappa shape index (κ1) is 19.8. The Morgan fingerprint density at radius 3 is 2.48 bits per heavy atom. The molecule has 0 spiro atoms. The molecule has 9 heteroatoms. The van der Waals surface area contributed by atoms with Gasteiger partial charge in [-0.25, -0.2) is 13.2 Å². The maximum Gasteiger partial charge on any atom is 0.337 e. The Balaban J connectivity index is 1.63. The molecule has 0 radical (unpaired) electrons. The Kier molecular flexibility index (Phi) is 6.13. The third kappa shape index (κ3) is 4.48. The first-order chi connectivity index (χ1) is 12.9. The fourth-order valence-corrected chi connectivity index (χ4v) is 5.19. The smallest absolute Gasteiger partial charge is 0.337 e. The lowest BCUT2D eigenvalue weighted by atomic mass is 9.96. The van der Waals surface area contributed by atoms with E-state index in [1.165, 1.54) is 28.6 Å². The van der Waals surface area contributed by atoms with Crippen molar-refractivity contribution in [1.82, 2.24) is 9.62 Å². The van der Waals surface area contributed by atoms with Gasteiger partial charge < -0.3 is 15.2 Å². The second kappa shape index (κ2) is 8.37. The second-order valence-electron chi connectivity index (χ2n) is 6.90. The van der Waals surface area contributed by atoms with Crippen molar-refractivity contribution < 1.29 is 27.9 Å². The summed E-state index contributed by atoms with van der Waals surface area (Å²) in [5.41, 5.74) is -0.241. The number of rotatable bonds is 5. The highest BCUT2D eigenvalue weighted by Gasteiger charge is 2.34. The number of carbonyl (C=O) groups is 2. The Labute approximate surface area is 158 Å². The van der Waals surface area contributed by atoms with Gasteiger partial charge in [-0.05, 0) is 37.8 Å². The lowest BCUT2D eigenvalue weighted by molar-refractivity contribution is -0.127. The molecule has 1 aromatic carbocycles. The van der Waals surface area contributed by atoms with Gasteiger partial charge in [-0.1, -0.05) is 12.1 Å². The molecule has 2 fully saturated rings. The molecule has 3 rings (SSSR count). The van der Waals surface area contributed by atoms with Crippen LogP contribution in [0.5, 0.6) is 0 Å². The van der Waals surface area contributed by atoms with Crippen LogP contribution >= 0.6 is 0 Å². The quantitative estimate of drug-likeness (QED) is 0.770. The number of sulfonamides is 1. The number of piperidine rings is 1. The maximum atomic E-state index is 12.9. The topological polar surface area (TPSA) is 113 Å². The minimum Gasteiger partial charge on any atom is -0.478 e. The molecule has 1 aromatic rings. The van der Waals surface area contributed by atoms with E-state index in [4.69, 9.17) is 4.74 Å². The minimum absolute atomic E-state index is 0.0236. The van der Waals surface area contributed by atoms with E-state index in [2.05, 4.69) is 5.32 Å². The van der Waals surface area contributed by atoms with Gasteiger partial charge in [0, 0.05) is 25.6 Å². The van der Waals surface area contributed by atoms with Crippen LogP contribution in [-0.2, 0) is 19.6 Å². The highest BCUT2D eigenvalue weighted by atomic mass is 32.2. The van der Waals surface area contributed by atoms with Crippen LogP contribution in [0.25, 0.3) is 0 Å². The van der Waals surface area contributed by atoms with Crippen LogP contribution in [0.2, 0.25) is 0 Å². The van der Waals surface area contributed by atoms with Crippen molar-refractivity contribution in [2.24, 2.45) is 5.92 Å². The molecular weight excluding hydrogens is 372 g/mol. The molecule has 0 bridgehead atoms. The van der Waals surface area contributed by atoms with Crippen LogP contribution in [-0.4, -0.2) is 62.1 Å². The van der Waals surface area contributed by atoms with Gasteiger partial charge in [0.2, 0.25) is 15.9 Å². The summed E-state index contributed by atoms with van der Waals surface area (Å²) in [5, 5.41) is 12.2. The summed E-state index contributed by atoms with van der Waals surface area (Å²) in [4.78, 5) is 23.6. The number of benzene rings is 1. The Morgan fingerprint density at radius 1 is 1.15 bits per heavy atom. The van der Waals surface area contributed by atoms with Crippen molar-refractivity contribution in [2.75, 3.05) is 26.3 Å². The first-order valence-corrected chi connectivity index (χ1v) is 10.5. The fraction of sp³-hybridized carbons (Fsp3) is 0.556. The van der Waals surface area contributed by atoms with Crippen molar-refractivity contribution >= 4 is 21.9 Å². The number of hydrogen-bond acceptors (Lipinski definition) is 5. The summed E-state index contributed by atoms with van der Waals surface area (Å²) >= 11 is 0. The number of carbonyl (C=O) groups excluding carboxylic acids is 1. The summed E-state index contributed by atoms with van der Waals surface area (Å²) in [6.45, 7) is 1.62. The zero-order valence-electron chi connectivity index (χ0n) is 15.0. The molecule has 2 N–H and O–H groups in total. The molecule has 0 aromatic heterocycles. The van der Waals surface area contributed by atoms with Crippen LogP contribution < -0.4 is 5.32 Å². The van der Waals surface area contributed by atoms with Gasteiger partial charge in [0.25, 0.3) is 0 Å². The molecule has 2 aliphatic heterocycles. The summed E-state index contributed by atoms with van der Waals surface area (Å²) in [5.74, 6) is -1.58. The third-order valence-electron chi connectivity index (χ3n) is 5.07. The lowest BCUT2D eigenvalue weighted by Crippen LogP contribution is -2.47. The van der Waals surface area contributed by atoms with Crippen LogP contribution in [0.15, 0.2) is 29.2 Å². The van der Waals surface area contributed by atoms with Gasteiger partial charge in [-0.3, -0.25) is 4.79 Å². The summed E-state index contributed by atoms with van der Waals surface area (Å²) in [6.07, 6.45) is 2.64. The molecule has 27 heavy (non-hydrogen) atoms. The van der Waals surface area contributed by atoms with Crippen LogP contribution in [0.3, 0.4) is 0 Å². The predicted octanol–water partition coefficient (Wildman–Crippen LogP) is 1.08. The highest BCUT2D eigenvalue weighted by molar-refractivity contribution is 7.89. The molecular formula is C18H24N2O6S. The van der Waals surface area contributed by atoms with Crippen LogP contribution in [0, 0.1) is 5.92 Å². The van der Waals surface area contributed by atoms with E-state index in [0.29, 0.717) is 19.4 Å². The summed E-state index contributed by atoms with van der Waals surface area (Å²) in [6, 6.07) is 5.61. The predicted molar refractivity (Wildman–Crippen MR) is 96.9 cm³/mol. The van der Waals surface area contributed by atoms with Crippen molar-refractivity contribution in [3.05, 3.63) is 29.8 Å². The van der Waals surface area contributed by atoms with Gasteiger partial charge in [0.15, 0.2) is 0 Å². The molecule has 1 amide bonds. The van der Waals surface area contributed by atoms with E-state index < -0.39 is 16.0 Å². The number of ether oxygens (including phenoxy) is 1. The van der Waals surface area contributed by atoms with Crippen LogP contribution in [0.4, 0.5) is 0 Å². The van der Waals surface area contributed by atoms with Crippen molar-refractivity contribution in [3.8, 4) is 0 Å². The summed E-state index contributed by atoms with van der Waals surface area (Å²) < 4.78 is 32.3. The van der Waals surface area contributed by atoms with Gasteiger partial charge in [0.1, 0.15) is 0 Å². The number of nitrogens with zero attached hydrogens (tertiary/aromatic N) is 1. The van der Waals surface area contributed by atoms with Crippen molar-refractivity contribution in [3.63, 3.8) is 0 Å². The maximum absolute atomic E-state index is 12.9.